The molecule has 2 heterocycles. The van der Waals surface area contributed by atoms with E-state index in [1.165, 1.54) is 55.4 Å². The molecule has 1 aromatic heterocycles. The third kappa shape index (κ3) is 7.85. The second-order valence-corrected chi connectivity index (χ2v) is 6.90. The molecule has 3 N–H and O–H groups in total. The van der Waals surface area contributed by atoms with Crippen LogP contribution >= 0.6 is 0 Å². The molecule has 2 atom stereocenters. The number of ether oxygens (including phenoxy) is 3. The Balaban J connectivity index is 1.53. The first-order valence-corrected chi connectivity index (χ1v) is 10.1. The lowest BCUT2D eigenvalue weighted by molar-refractivity contribution is -0.101. The average molecular weight is 396 g/mol. The smallest absolute Gasteiger partial charge is 0.407 e. The van der Waals surface area contributed by atoms with Crippen LogP contribution in [0.3, 0.4) is 0 Å². The number of unbranched alkanes of at least 4 members (excludes halogenated alkanes) is 7. The normalized spacial score (nSPS) is 18.9. The number of rotatable bonds is 12. The van der Waals surface area contributed by atoms with E-state index in [2.05, 4.69) is 17.2 Å². The fourth-order valence-electron chi connectivity index (χ4n) is 2.97. The average Bonchev–Trinajstić information content (AvgIpc) is 3.14. The van der Waals surface area contributed by atoms with Crippen molar-refractivity contribution in [2.75, 3.05) is 25.5 Å². The number of nitrogen functional groups attached to an aromatic ring is 1. The van der Waals surface area contributed by atoms with Crippen LogP contribution in [-0.4, -0.2) is 41.7 Å². The van der Waals surface area contributed by atoms with E-state index in [0.29, 0.717) is 6.54 Å². The summed E-state index contributed by atoms with van der Waals surface area (Å²) in [7, 11) is 0. The molecular weight excluding hydrogens is 364 g/mol. The van der Waals surface area contributed by atoms with Crippen molar-refractivity contribution in [3.05, 3.63) is 22.7 Å². The van der Waals surface area contributed by atoms with E-state index in [0.717, 1.165) is 12.8 Å². The first-order chi connectivity index (χ1) is 13.6. The van der Waals surface area contributed by atoms with E-state index >= 15 is 0 Å². The zero-order valence-electron chi connectivity index (χ0n) is 16.6. The maximum absolute atomic E-state index is 11.8. The van der Waals surface area contributed by atoms with Crippen molar-refractivity contribution in [2.24, 2.45) is 0 Å². The van der Waals surface area contributed by atoms with Gasteiger partial charge in [-0.3, -0.25) is 4.57 Å². The monoisotopic (exact) mass is 396 g/mol. The van der Waals surface area contributed by atoms with Crippen molar-refractivity contribution in [3.63, 3.8) is 0 Å². The van der Waals surface area contributed by atoms with Gasteiger partial charge in [-0.2, -0.15) is 4.98 Å². The quantitative estimate of drug-likeness (QED) is 0.521. The molecular formula is C19H32N4O5. The predicted octanol–water partition coefficient (Wildman–Crippen LogP) is 2.56. The summed E-state index contributed by atoms with van der Waals surface area (Å²) in [6.45, 7) is 2.93. The van der Waals surface area contributed by atoms with Crippen LogP contribution in [0.2, 0.25) is 0 Å². The van der Waals surface area contributed by atoms with Crippen LogP contribution in [0.5, 0.6) is 0 Å². The van der Waals surface area contributed by atoms with Gasteiger partial charge in [-0.25, -0.2) is 9.59 Å². The van der Waals surface area contributed by atoms with Crippen LogP contribution in [-0.2, 0) is 14.2 Å². The number of hydrogen-bond acceptors (Lipinski definition) is 7. The number of nitrogens with zero attached hydrogens (tertiary/aromatic N) is 2. The van der Waals surface area contributed by atoms with Gasteiger partial charge in [0.15, 0.2) is 12.5 Å². The maximum atomic E-state index is 11.8. The lowest BCUT2D eigenvalue weighted by Gasteiger charge is -2.13. The summed E-state index contributed by atoms with van der Waals surface area (Å²) in [5, 5.41) is 2.72. The van der Waals surface area contributed by atoms with Gasteiger partial charge in [0.2, 0.25) is 0 Å². The van der Waals surface area contributed by atoms with Crippen LogP contribution in [0.15, 0.2) is 17.1 Å². The van der Waals surface area contributed by atoms with E-state index in [1.807, 2.05) is 0 Å². The molecule has 0 spiro atoms. The highest BCUT2D eigenvalue weighted by molar-refractivity contribution is 5.67. The number of nitrogens with two attached hydrogens (primary N) is 1. The Labute approximate surface area is 165 Å². The Morgan fingerprint density at radius 1 is 1.29 bits per heavy atom. The summed E-state index contributed by atoms with van der Waals surface area (Å²) in [4.78, 5) is 27.2. The molecule has 1 aliphatic rings. The molecule has 0 radical (unpaired) electrons. The van der Waals surface area contributed by atoms with Crippen LogP contribution in [0, 0.1) is 0 Å². The van der Waals surface area contributed by atoms with Crippen molar-refractivity contribution in [1.82, 2.24) is 14.9 Å². The summed E-state index contributed by atoms with van der Waals surface area (Å²) in [5.41, 5.74) is 4.95. The van der Waals surface area contributed by atoms with E-state index in [4.69, 9.17) is 19.9 Å². The Morgan fingerprint density at radius 2 is 2.00 bits per heavy atom. The van der Waals surface area contributed by atoms with Crippen molar-refractivity contribution in [3.8, 4) is 0 Å². The molecule has 0 saturated carbocycles. The minimum absolute atomic E-state index is 0.0447. The van der Waals surface area contributed by atoms with E-state index in [9.17, 15) is 9.59 Å². The van der Waals surface area contributed by atoms with Crippen molar-refractivity contribution in [1.29, 1.82) is 0 Å². The zero-order valence-corrected chi connectivity index (χ0v) is 16.6. The molecule has 0 aromatic carbocycles. The fraction of sp³-hybridized carbons (Fsp3) is 0.737. The molecule has 1 fully saturated rings. The highest BCUT2D eigenvalue weighted by Gasteiger charge is 2.29. The van der Waals surface area contributed by atoms with Crippen molar-refractivity contribution in [2.45, 2.75) is 70.8 Å². The Hall–Kier alpha value is -2.13. The standard InChI is InChI=1S/C19H32N4O5/c1-2-3-4-5-6-7-8-9-11-21-19(25)27-14-17-26-13-16(28-17)23-12-10-15(20)22-18(23)24/h10,12,16-17H,2-9,11,13-14H2,1H3,(H,21,25)(H2,20,22,24)/t16-,17-/m0/s1. The number of alkyl carbamates (subject to hydrolysis) is 1. The van der Waals surface area contributed by atoms with Gasteiger partial charge in [-0.1, -0.05) is 51.9 Å². The van der Waals surface area contributed by atoms with Crippen LogP contribution in [0.4, 0.5) is 10.6 Å². The largest absolute Gasteiger partial charge is 0.444 e. The molecule has 2 rings (SSSR count). The topological polar surface area (TPSA) is 118 Å². The Kier molecular flexibility index (Phi) is 9.78. The van der Waals surface area contributed by atoms with Gasteiger partial charge in [0, 0.05) is 12.7 Å². The Bertz CT molecular complexity index is 651. The van der Waals surface area contributed by atoms with Crippen LogP contribution < -0.4 is 16.7 Å². The first kappa shape index (κ1) is 22.2. The van der Waals surface area contributed by atoms with E-state index in [1.54, 1.807) is 0 Å². The molecule has 1 aliphatic heterocycles. The lowest BCUT2D eigenvalue weighted by atomic mass is 10.1. The SMILES string of the molecule is CCCCCCCCCCNC(=O)OC[C@H]1OC[C@@H](n2ccc(N)nc2=O)O1. The summed E-state index contributed by atoms with van der Waals surface area (Å²) >= 11 is 0. The number of anilines is 1. The molecule has 1 aromatic rings. The summed E-state index contributed by atoms with van der Waals surface area (Å²) in [6, 6.07) is 1.51. The fourth-order valence-corrected chi connectivity index (χ4v) is 2.97. The molecule has 1 saturated heterocycles. The second-order valence-electron chi connectivity index (χ2n) is 6.90. The minimum atomic E-state index is -0.719. The highest BCUT2D eigenvalue weighted by atomic mass is 16.7. The molecule has 9 heteroatoms. The van der Waals surface area contributed by atoms with Crippen LogP contribution in [0.1, 0.15) is 64.5 Å². The number of hydrogen-bond donors (Lipinski definition) is 2. The Morgan fingerprint density at radius 3 is 2.71 bits per heavy atom. The number of aromatic nitrogens is 2. The number of carbonyl (C=O) groups is 1. The third-order valence-electron chi connectivity index (χ3n) is 4.55. The van der Waals surface area contributed by atoms with Gasteiger partial charge in [-0.15, -0.1) is 0 Å². The van der Waals surface area contributed by atoms with E-state index < -0.39 is 24.3 Å². The number of amides is 1. The molecule has 0 aliphatic carbocycles. The molecule has 158 valence electrons. The van der Waals surface area contributed by atoms with Gasteiger partial charge in [0.05, 0.1) is 6.61 Å². The third-order valence-corrected chi connectivity index (χ3v) is 4.55. The highest BCUT2D eigenvalue weighted by Crippen LogP contribution is 2.19. The summed E-state index contributed by atoms with van der Waals surface area (Å²) in [6.07, 6.45) is 9.36. The lowest BCUT2D eigenvalue weighted by Crippen LogP contribution is -2.30. The minimum Gasteiger partial charge on any atom is -0.444 e. The predicted molar refractivity (Wildman–Crippen MR) is 105 cm³/mol. The van der Waals surface area contributed by atoms with Gasteiger partial charge in [0.25, 0.3) is 0 Å². The van der Waals surface area contributed by atoms with Gasteiger partial charge >= 0.3 is 11.8 Å². The van der Waals surface area contributed by atoms with Gasteiger partial charge < -0.3 is 25.3 Å². The second kappa shape index (κ2) is 12.4. The van der Waals surface area contributed by atoms with Crippen LogP contribution in [0.25, 0.3) is 0 Å². The first-order valence-electron chi connectivity index (χ1n) is 10.1. The molecule has 9 nitrogen and oxygen atoms in total. The summed E-state index contributed by atoms with van der Waals surface area (Å²) < 4.78 is 17.4. The van der Waals surface area contributed by atoms with Crippen molar-refractivity contribution >= 4 is 11.9 Å². The summed E-state index contributed by atoms with van der Waals surface area (Å²) in [5.74, 6) is 0.146. The maximum Gasteiger partial charge on any atom is 0.407 e. The number of carbonyl (C=O) groups excluding carboxylic acids is 1. The van der Waals surface area contributed by atoms with E-state index in [-0.39, 0.29) is 19.0 Å². The van der Waals surface area contributed by atoms with Crippen molar-refractivity contribution < 1.29 is 19.0 Å². The molecule has 1 amide bonds. The molecule has 28 heavy (non-hydrogen) atoms. The van der Waals surface area contributed by atoms with Gasteiger partial charge in [0.1, 0.15) is 12.4 Å². The van der Waals surface area contributed by atoms with Gasteiger partial charge in [-0.05, 0) is 12.5 Å². The number of nitrogens with one attached hydrogen (secondary N) is 1. The zero-order chi connectivity index (χ0) is 20.2. The molecule has 0 unspecified atom stereocenters. The molecule has 0 bridgehead atoms.